The van der Waals surface area contributed by atoms with E-state index in [4.69, 9.17) is 34.0 Å². The highest BCUT2D eigenvalue weighted by atomic mass is 16.5. The van der Waals surface area contributed by atoms with Crippen LogP contribution >= 0.6 is 0 Å². The molecule has 0 radical (unpaired) electrons. The molecule has 0 amide bonds. The second-order valence-electron chi connectivity index (χ2n) is 6.79. The van der Waals surface area contributed by atoms with Gasteiger partial charge in [-0.1, -0.05) is 30.3 Å². The number of ether oxygens (including phenoxy) is 3. The van der Waals surface area contributed by atoms with E-state index in [0.29, 0.717) is 23.8 Å². The maximum absolute atomic E-state index is 10.4. The Balaban J connectivity index is 0.000000751. The first-order chi connectivity index (χ1) is 15.2. The minimum absolute atomic E-state index is 0.0797. The van der Waals surface area contributed by atoms with Gasteiger partial charge >= 0.3 is 5.97 Å². The van der Waals surface area contributed by atoms with Crippen molar-refractivity contribution in [2.75, 3.05) is 27.4 Å². The fourth-order valence-electron chi connectivity index (χ4n) is 2.58. The Morgan fingerprint density at radius 1 is 1.00 bits per heavy atom. The van der Waals surface area contributed by atoms with Crippen LogP contribution in [0.2, 0.25) is 0 Å². The smallest absolute Gasteiger partial charge is 0.351 e. The van der Waals surface area contributed by atoms with Crippen molar-refractivity contribution >= 4 is 11.9 Å². The molecular weight excluding hydrogens is 422 g/mol. The van der Waals surface area contributed by atoms with Gasteiger partial charge in [-0.15, -0.1) is 0 Å². The van der Waals surface area contributed by atoms with E-state index in [1.54, 1.807) is 32.4 Å². The molecule has 3 atom stereocenters. The number of carboxylic acids is 2. The summed E-state index contributed by atoms with van der Waals surface area (Å²) in [7, 11) is 3.14. The maximum atomic E-state index is 10.4. The molecule has 176 valence electrons. The van der Waals surface area contributed by atoms with Crippen molar-refractivity contribution in [2.45, 2.75) is 25.2 Å². The number of aliphatic carboxylic acids is 2. The lowest BCUT2D eigenvalue weighted by molar-refractivity contribution is -0.699. The van der Waals surface area contributed by atoms with E-state index in [1.807, 2.05) is 42.6 Å². The fraction of sp³-hybridized carbons (Fsp3) is 0.364. The highest BCUT2D eigenvalue weighted by molar-refractivity contribution is 6.26. The van der Waals surface area contributed by atoms with Gasteiger partial charge in [-0.2, -0.15) is 0 Å². The van der Waals surface area contributed by atoms with E-state index in [0.717, 1.165) is 5.56 Å². The molecule has 0 heterocycles. The molecule has 0 saturated heterocycles. The largest absolute Gasteiger partial charge is 0.539 e. The summed E-state index contributed by atoms with van der Waals surface area (Å²) in [4.78, 5) is 18.0. The Hall–Kier alpha value is -3.34. The van der Waals surface area contributed by atoms with Crippen LogP contribution in [-0.4, -0.2) is 66.8 Å². The number of aliphatic hydroxyl groups is 2. The van der Waals surface area contributed by atoms with Gasteiger partial charge in [0.05, 0.1) is 14.2 Å². The van der Waals surface area contributed by atoms with Crippen molar-refractivity contribution in [2.24, 2.45) is 0 Å². The van der Waals surface area contributed by atoms with Crippen molar-refractivity contribution in [3.8, 4) is 17.2 Å². The highest BCUT2D eigenvalue weighted by Crippen LogP contribution is 2.27. The lowest BCUT2D eigenvalue weighted by atomic mass is 10.0. The molecule has 2 rings (SSSR count). The van der Waals surface area contributed by atoms with Gasteiger partial charge in [-0.05, 0) is 12.5 Å². The Bertz CT molecular complexity index is 810. The van der Waals surface area contributed by atoms with Gasteiger partial charge in [-0.25, -0.2) is 4.79 Å². The third kappa shape index (κ3) is 9.65. The van der Waals surface area contributed by atoms with Crippen LogP contribution in [0.25, 0.3) is 0 Å². The highest BCUT2D eigenvalue weighted by Gasteiger charge is 2.20. The zero-order valence-electron chi connectivity index (χ0n) is 18.1. The predicted octanol–water partition coefficient (Wildman–Crippen LogP) is -1.05. The molecule has 3 unspecified atom stereocenters. The van der Waals surface area contributed by atoms with Crippen LogP contribution in [0.15, 0.2) is 48.5 Å². The van der Waals surface area contributed by atoms with E-state index in [9.17, 15) is 10.2 Å². The van der Waals surface area contributed by atoms with Crippen molar-refractivity contribution in [1.29, 1.82) is 0 Å². The van der Waals surface area contributed by atoms with Crippen LogP contribution in [0.5, 0.6) is 17.2 Å². The van der Waals surface area contributed by atoms with Gasteiger partial charge in [0, 0.05) is 18.2 Å². The summed E-state index contributed by atoms with van der Waals surface area (Å²) >= 11 is 0. The van der Waals surface area contributed by atoms with Gasteiger partial charge in [0.1, 0.15) is 48.6 Å². The van der Waals surface area contributed by atoms with Crippen molar-refractivity contribution in [3.63, 3.8) is 0 Å². The van der Waals surface area contributed by atoms with E-state index < -0.39 is 24.1 Å². The Labute approximate surface area is 186 Å². The van der Waals surface area contributed by atoms with E-state index >= 15 is 0 Å². The summed E-state index contributed by atoms with van der Waals surface area (Å²) in [5.41, 5.74) is 0.866. The SMILES string of the molecule is COc1cc(OC)cc(OCC(O)C[NH2+]C(C)C(O)c2ccccc2)c1.O=C([O-])C(=O)O. The molecule has 10 heteroatoms. The molecule has 0 aromatic heterocycles. The fourth-order valence-corrected chi connectivity index (χ4v) is 2.58. The molecule has 5 N–H and O–H groups in total. The average molecular weight is 451 g/mol. The molecule has 0 spiro atoms. The number of methoxy groups -OCH3 is 2. The summed E-state index contributed by atoms with van der Waals surface area (Å²) in [6, 6.07) is 14.6. The van der Waals surface area contributed by atoms with Crippen molar-refractivity contribution < 1.29 is 49.5 Å². The summed E-state index contributed by atoms with van der Waals surface area (Å²) in [5.74, 6) is -2.19. The van der Waals surface area contributed by atoms with Gasteiger partial charge in [0.2, 0.25) is 0 Å². The zero-order chi connectivity index (χ0) is 24.1. The molecule has 32 heavy (non-hydrogen) atoms. The normalized spacial score (nSPS) is 13.0. The zero-order valence-corrected chi connectivity index (χ0v) is 18.1. The number of quaternary nitrogens is 1. The molecule has 0 fully saturated rings. The first kappa shape index (κ1) is 26.7. The first-order valence-corrected chi connectivity index (χ1v) is 9.72. The third-order valence-corrected chi connectivity index (χ3v) is 4.36. The number of hydrogen-bond donors (Lipinski definition) is 4. The molecule has 0 bridgehead atoms. The van der Waals surface area contributed by atoms with Gasteiger partial charge in [-0.3, -0.25) is 0 Å². The van der Waals surface area contributed by atoms with Crippen molar-refractivity contribution in [1.82, 2.24) is 0 Å². The molecule has 0 aliphatic carbocycles. The Morgan fingerprint density at radius 2 is 1.50 bits per heavy atom. The Morgan fingerprint density at radius 3 is 1.97 bits per heavy atom. The second-order valence-corrected chi connectivity index (χ2v) is 6.79. The molecule has 10 nitrogen and oxygen atoms in total. The summed E-state index contributed by atoms with van der Waals surface area (Å²) in [6.07, 6.45) is -1.26. The van der Waals surface area contributed by atoms with Crippen LogP contribution in [0.3, 0.4) is 0 Å². The first-order valence-electron chi connectivity index (χ1n) is 9.72. The Kier molecular flexibility index (Phi) is 11.6. The van der Waals surface area contributed by atoms with Gasteiger partial charge < -0.3 is 44.7 Å². The second kappa shape index (κ2) is 13.9. The molecule has 2 aromatic carbocycles. The average Bonchev–Trinajstić information content (AvgIpc) is 2.81. The topological polar surface area (TPSA) is 162 Å². The number of hydrogen-bond acceptors (Lipinski definition) is 8. The molecule has 0 aliphatic rings. The monoisotopic (exact) mass is 451 g/mol. The van der Waals surface area contributed by atoms with Gasteiger partial charge in [0.15, 0.2) is 5.97 Å². The van der Waals surface area contributed by atoms with E-state index in [1.165, 1.54) is 0 Å². The van der Waals surface area contributed by atoms with Crippen LogP contribution in [0.1, 0.15) is 18.6 Å². The van der Waals surface area contributed by atoms with Crippen molar-refractivity contribution in [3.05, 3.63) is 54.1 Å². The molecular formula is C22H29NO9. The minimum Gasteiger partial charge on any atom is -0.539 e. The lowest BCUT2D eigenvalue weighted by Crippen LogP contribution is -2.92. The van der Waals surface area contributed by atoms with Gasteiger partial charge in [0.25, 0.3) is 0 Å². The number of carbonyl (C=O) groups is 2. The standard InChI is InChI=1S/C20H27NO5.C2H2O4/c1-14(20(23)15-7-5-4-6-8-15)21-12-16(22)13-26-19-10-17(24-2)9-18(11-19)25-3;3-1(4)2(5)6/h4-11,14,16,20-23H,12-13H2,1-3H3;(H,3,4)(H,5,6). The summed E-state index contributed by atoms with van der Waals surface area (Å²) < 4.78 is 16.0. The number of carbonyl (C=O) groups excluding carboxylic acids is 1. The molecule has 0 saturated carbocycles. The number of carboxylic acid groups (broad SMARTS) is 2. The van der Waals surface area contributed by atoms with Crippen LogP contribution < -0.4 is 24.6 Å². The van der Waals surface area contributed by atoms with Crippen LogP contribution in [0, 0.1) is 0 Å². The number of aliphatic hydroxyl groups excluding tert-OH is 2. The van der Waals surface area contributed by atoms with E-state index in [2.05, 4.69) is 0 Å². The minimum atomic E-state index is -2.07. The molecule has 0 aliphatic heterocycles. The molecule has 2 aromatic rings. The maximum Gasteiger partial charge on any atom is 0.351 e. The van der Waals surface area contributed by atoms with Crippen LogP contribution in [0.4, 0.5) is 0 Å². The number of rotatable bonds is 10. The quantitative estimate of drug-likeness (QED) is 0.330. The lowest BCUT2D eigenvalue weighted by Gasteiger charge is -2.19. The predicted molar refractivity (Wildman–Crippen MR) is 111 cm³/mol. The third-order valence-electron chi connectivity index (χ3n) is 4.36. The summed E-state index contributed by atoms with van der Waals surface area (Å²) in [6.45, 7) is 2.49. The number of benzene rings is 2. The van der Waals surface area contributed by atoms with Crippen LogP contribution in [-0.2, 0) is 9.59 Å². The summed E-state index contributed by atoms with van der Waals surface area (Å²) in [5, 5.41) is 38.7. The van der Waals surface area contributed by atoms with E-state index in [-0.39, 0.29) is 12.6 Å². The number of nitrogens with two attached hydrogens (primary N) is 1.